The Morgan fingerprint density at radius 2 is 1.82 bits per heavy atom. The van der Waals surface area contributed by atoms with E-state index in [1.165, 1.54) is 0 Å². The molecule has 1 N–H and O–H groups in total. The van der Waals surface area contributed by atoms with E-state index in [1.807, 2.05) is 0 Å². The van der Waals surface area contributed by atoms with Gasteiger partial charge in [0.15, 0.2) is 0 Å². The van der Waals surface area contributed by atoms with Gasteiger partial charge < -0.3 is 4.74 Å². The van der Waals surface area contributed by atoms with Crippen LogP contribution < -0.4 is 5.32 Å². The summed E-state index contributed by atoms with van der Waals surface area (Å²) in [5, 5.41) is 2.23. The van der Waals surface area contributed by atoms with Gasteiger partial charge >= 0.3 is 18.4 Å². The van der Waals surface area contributed by atoms with Crippen LogP contribution in [0.5, 0.6) is 0 Å². The van der Waals surface area contributed by atoms with Crippen molar-refractivity contribution in [1.82, 2.24) is 0 Å². The van der Waals surface area contributed by atoms with Crippen LogP contribution in [0, 0.1) is 0 Å². The fourth-order valence-corrected chi connectivity index (χ4v) is 2.08. The molecule has 0 bridgehead atoms. The first-order chi connectivity index (χ1) is 10.1. The first kappa shape index (κ1) is 18.2. The predicted molar refractivity (Wildman–Crippen MR) is 66.6 cm³/mol. The fourth-order valence-electron chi connectivity index (χ4n) is 1.16. The number of carbonyl (C=O) groups excluding carboxylic acids is 1. The molecule has 1 aromatic carbocycles. The molecule has 0 spiro atoms. The van der Waals surface area contributed by atoms with Crippen molar-refractivity contribution in [2.45, 2.75) is 17.2 Å². The van der Waals surface area contributed by atoms with Crippen LogP contribution in [0.25, 0.3) is 0 Å². The number of benzene rings is 1. The summed E-state index contributed by atoms with van der Waals surface area (Å²) in [4.78, 5) is 10.4. The molecular formula is C11H11F4NO5S. The molecule has 1 amide bonds. The monoisotopic (exact) mass is 345 g/mol. The number of rotatable bonds is 6. The highest BCUT2D eigenvalue weighted by Crippen LogP contribution is 2.25. The Morgan fingerprint density at radius 3 is 2.27 bits per heavy atom. The van der Waals surface area contributed by atoms with Crippen LogP contribution in [0.2, 0.25) is 0 Å². The van der Waals surface area contributed by atoms with Crippen LogP contribution in [0.3, 0.4) is 0 Å². The first-order valence-electron chi connectivity index (χ1n) is 5.59. The first-order valence-corrected chi connectivity index (χ1v) is 7.00. The maximum Gasteiger partial charge on any atom is 0.411 e. The smallest absolute Gasteiger partial charge is 0.411 e. The lowest BCUT2D eigenvalue weighted by Crippen LogP contribution is -2.33. The highest BCUT2D eigenvalue weighted by molar-refractivity contribution is 7.86. The number of hydrogen-bond donors (Lipinski definition) is 1. The molecule has 11 heteroatoms. The van der Waals surface area contributed by atoms with Crippen LogP contribution in [0.4, 0.5) is 28.0 Å². The molecule has 0 aliphatic rings. The summed E-state index contributed by atoms with van der Waals surface area (Å²) in [6.07, 6.45) is -4.85. The summed E-state index contributed by atoms with van der Waals surface area (Å²) in [6.45, 7) is -1.98. The quantitative estimate of drug-likeness (QED) is 0.633. The number of alkyl halides is 4. The van der Waals surface area contributed by atoms with Gasteiger partial charge in [0, 0.05) is 5.69 Å². The minimum Gasteiger partial charge on any atom is -0.453 e. The number of halogens is 4. The number of nitrogens with one attached hydrogen (secondary N) is 1. The maximum absolute atomic E-state index is 12.6. The van der Waals surface area contributed by atoms with Crippen LogP contribution in [0.15, 0.2) is 29.2 Å². The maximum atomic E-state index is 12.6. The SMILES string of the molecule is COC(=O)Nc1ccc(S(=O)(=O)OCC(F)(F)C(F)F)cc1. The van der Waals surface area contributed by atoms with Crippen LogP contribution in [-0.2, 0) is 19.0 Å². The van der Waals surface area contributed by atoms with Crippen molar-refractivity contribution in [3.05, 3.63) is 24.3 Å². The Labute approximate surface area is 123 Å². The van der Waals surface area contributed by atoms with E-state index >= 15 is 0 Å². The van der Waals surface area contributed by atoms with Gasteiger partial charge in [0.2, 0.25) is 0 Å². The van der Waals surface area contributed by atoms with E-state index in [1.54, 1.807) is 0 Å². The van der Waals surface area contributed by atoms with E-state index < -0.39 is 40.1 Å². The van der Waals surface area contributed by atoms with Crippen molar-refractivity contribution in [3.8, 4) is 0 Å². The van der Waals surface area contributed by atoms with Gasteiger partial charge in [-0.2, -0.15) is 17.2 Å². The van der Waals surface area contributed by atoms with Gasteiger partial charge in [-0.05, 0) is 24.3 Å². The second kappa shape index (κ2) is 6.92. The molecule has 0 unspecified atom stereocenters. The molecule has 124 valence electrons. The summed E-state index contributed by atoms with van der Waals surface area (Å²) in [5.41, 5.74) is 0.170. The lowest BCUT2D eigenvalue weighted by Gasteiger charge is -2.15. The third kappa shape index (κ3) is 4.84. The lowest BCUT2D eigenvalue weighted by atomic mass is 10.3. The number of carbonyl (C=O) groups is 1. The third-order valence-corrected chi connectivity index (χ3v) is 3.58. The number of methoxy groups -OCH3 is 1. The summed E-state index contributed by atoms with van der Waals surface area (Å²) in [5.74, 6) is -4.58. The van der Waals surface area contributed by atoms with Gasteiger partial charge in [0.1, 0.15) is 6.61 Å². The van der Waals surface area contributed by atoms with Gasteiger partial charge in [-0.25, -0.2) is 13.6 Å². The van der Waals surface area contributed by atoms with Crippen molar-refractivity contribution in [2.24, 2.45) is 0 Å². The Morgan fingerprint density at radius 1 is 1.27 bits per heavy atom. The lowest BCUT2D eigenvalue weighted by molar-refractivity contribution is -0.147. The van der Waals surface area contributed by atoms with Crippen molar-refractivity contribution in [1.29, 1.82) is 0 Å². The summed E-state index contributed by atoms with van der Waals surface area (Å²) in [6, 6.07) is 4.17. The van der Waals surface area contributed by atoms with Crippen LogP contribution >= 0.6 is 0 Å². The van der Waals surface area contributed by atoms with E-state index in [0.717, 1.165) is 31.4 Å². The molecule has 0 aliphatic carbocycles. The average molecular weight is 345 g/mol. The zero-order valence-corrected chi connectivity index (χ0v) is 11.9. The number of amides is 1. The minimum atomic E-state index is -4.64. The normalized spacial score (nSPS) is 12.3. The van der Waals surface area contributed by atoms with Gasteiger partial charge in [0.05, 0.1) is 12.0 Å². The molecule has 1 aromatic rings. The van der Waals surface area contributed by atoms with E-state index in [-0.39, 0.29) is 5.69 Å². The molecule has 22 heavy (non-hydrogen) atoms. The van der Waals surface area contributed by atoms with Crippen molar-refractivity contribution >= 4 is 21.9 Å². The molecule has 0 atom stereocenters. The average Bonchev–Trinajstić information content (AvgIpc) is 2.45. The Hall–Kier alpha value is -1.88. The molecule has 0 heterocycles. The molecule has 0 fully saturated rings. The largest absolute Gasteiger partial charge is 0.453 e. The fraction of sp³-hybridized carbons (Fsp3) is 0.364. The Kier molecular flexibility index (Phi) is 5.72. The summed E-state index contributed by atoms with van der Waals surface area (Å²) in [7, 11) is -3.52. The van der Waals surface area contributed by atoms with Gasteiger partial charge in [0.25, 0.3) is 10.1 Å². The van der Waals surface area contributed by atoms with Crippen LogP contribution in [0.1, 0.15) is 0 Å². The molecule has 6 nitrogen and oxygen atoms in total. The summed E-state index contributed by atoms with van der Waals surface area (Å²) < 4.78 is 80.5. The molecule has 0 radical (unpaired) electrons. The third-order valence-electron chi connectivity index (χ3n) is 2.30. The molecule has 0 aromatic heterocycles. The molecule has 1 rings (SSSR count). The zero-order valence-electron chi connectivity index (χ0n) is 11.1. The van der Waals surface area contributed by atoms with Crippen molar-refractivity contribution in [2.75, 3.05) is 19.0 Å². The minimum absolute atomic E-state index is 0.170. The molecule has 0 saturated carbocycles. The zero-order chi connectivity index (χ0) is 17.0. The Bertz CT molecular complexity index is 618. The number of ether oxygens (including phenoxy) is 1. The predicted octanol–water partition coefficient (Wildman–Crippen LogP) is 2.47. The van der Waals surface area contributed by atoms with Gasteiger partial charge in [-0.15, -0.1) is 0 Å². The second-order valence-electron chi connectivity index (χ2n) is 3.92. The van der Waals surface area contributed by atoms with Gasteiger partial charge in [-0.3, -0.25) is 9.50 Å². The van der Waals surface area contributed by atoms with E-state index in [9.17, 15) is 30.8 Å². The van der Waals surface area contributed by atoms with Gasteiger partial charge in [-0.1, -0.05) is 0 Å². The molecule has 0 aliphatic heterocycles. The topological polar surface area (TPSA) is 81.7 Å². The second-order valence-corrected chi connectivity index (χ2v) is 5.53. The van der Waals surface area contributed by atoms with Crippen molar-refractivity contribution < 1.29 is 39.7 Å². The number of hydrogen-bond acceptors (Lipinski definition) is 5. The highest BCUT2D eigenvalue weighted by Gasteiger charge is 2.42. The van der Waals surface area contributed by atoms with E-state index in [0.29, 0.717) is 0 Å². The standard InChI is InChI=1S/C11H11F4NO5S/c1-20-10(17)16-7-2-4-8(5-3-7)22(18,19)21-6-11(14,15)9(12)13/h2-5,9H,6H2,1H3,(H,16,17). The number of anilines is 1. The van der Waals surface area contributed by atoms with Crippen molar-refractivity contribution in [3.63, 3.8) is 0 Å². The highest BCUT2D eigenvalue weighted by atomic mass is 32.2. The van der Waals surface area contributed by atoms with Crippen LogP contribution in [-0.4, -0.2) is 40.6 Å². The summed E-state index contributed by atoms with van der Waals surface area (Å²) >= 11 is 0. The van der Waals surface area contributed by atoms with E-state index in [4.69, 9.17) is 0 Å². The molecule has 0 saturated heterocycles. The van der Waals surface area contributed by atoms with E-state index in [2.05, 4.69) is 14.2 Å². The Balaban J connectivity index is 2.80. The molecular weight excluding hydrogens is 334 g/mol.